The highest BCUT2D eigenvalue weighted by molar-refractivity contribution is 6.09. The van der Waals surface area contributed by atoms with Crippen molar-refractivity contribution in [3.05, 3.63) is 66.5 Å². The molecule has 0 saturated heterocycles. The molecule has 5 rings (SSSR count). The fraction of sp³-hybridized carbons (Fsp3) is 0.190. The van der Waals surface area contributed by atoms with Crippen LogP contribution in [0.2, 0.25) is 0 Å². The topological polar surface area (TPSA) is 95.5 Å². The van der Waals surface area contributed by atoms with Crippen LogP contribution in [0.25, 0.3) is 27.8 Å². The second-order valence-corrected chi connectivity index (χ2v) is 7.41. The molecule has 1 amide bonds. The summed E-state index contributed by atoms with van der Waals surface area (Å²) in [7, 11) is 1.69. The summed E-state index contributed by atoms with van der Waals surface area (Å²) in [6.45, 7) is 1.01. The van der Waals surface area contributed by atoms with Gasteiger partial charge < -0.3 is 9.88 Å². The summed E-state index contributed by atoms with van der Waals surface area (Å²) in [6.07, 6.45) is 1.77. The van der Waals surface area contributed by atoms with Gasteiger partial charge in [0, 0.05) is 43.5 Å². The zero-order valence-electron chi connectivity index (χ0n) is 17.3. The monoisotopic (exact) mass is 454 g/mol. The average Bonchev–Trinajstić information content (AvgIpc) is 3.51. The number of pyridine rings is 1. The lowest BCUT2D eigenvalue weighted by Gasteiger charge is -2.10. The van der Waals surface area contributed by atoms with Crippen molar-refractivity contribution in [3.63, 3.8) is 0 Å². The molecule has 0 atom stereocenters. The first-order valence-electron chi connectivity index (χ1n) is 9.94. The number of carbonyl (C=O) groups is 1. The number of amides is 1. The summed E-state index contributed by atoms with van der Waals surface area (Å²) < 4.78 is 43.9. The zero-order valence-corrected chi connectivity index (χ0v) is 17.3. The van der Waals surface area contributed by atoms with E-state index in [2.05, 4.69) is 25.6 Å². The maximum absolute atomic E-state index is 12.9. The van der Waals surface area contributed by atoms with E-state index in [1.54, 1.807) is 42.3 Å². The number of imidazole rings is 1. The Morgan fingerprint density at radius 3 is 2.73 bits per heavy atom. The molecular weight excluding hydrogens is 437 g/mol. The van der Waals surface area contributed by atoms with Gasteiger partial charge in [-0.2, -0.15) is 13.2 Å². The van der Waals surface area contributed by atoms with Crippen molar-refractivity contribution in [3.8, 4) is 5.69 Å². The first kappa shape index (κ1) is 20.7. The van der Waals surface area contributed by atoms with E-state index in [9.17, 15) is 18.0 Å². The van der Waals surface area contributed by atoms with Crippen LogP contribution in [0, 0.1) is 0 Å². The lowest BCUT2D eigenvalue weighted by atomic mass is 10.1. The van der Waals surface area contributed by atoms with Crippen molar-refractivity contribution in [1.82, 2.24) is 39.4 Å². The SMILES string of the molecule is Cn1nnc2c3cc(C(=O)NCCn4ccnc4)ccc3n(-c3ccc(C(F)(F)F)nc3)c21. The molecule has 4 aromatic heterocycles. The van der Waals surface area contributed by atoms with Gasteiger partial charge >= 0.3 is 6.18 Å². The fourth-order valence-corrected chi connectivity index (χ4v) is 3.72. The third kappa shape index (κ3) is 3.69. The molecule has 0 unspecified atom stereocenters. The molecule has 5 aromatic rings. The third-order valence-corrected chi connectivity index (χ3v) is 5.28. The molecule has 0 spiro atoms. The van der Waals surface area contributed by atoms with Gasteiger partial charge in [-0.3, -0.25) is 9.36 Å². The van der Waals surface area contributed by atoms with Gasteiger partial charge in [0.1, 0.15) is 11.2 Å². The van der Waals surface area contributed by atoms with Crippen LogP contribution in [-0.4, -0.2) is 46.5 Å². The van der Waals surface area contributed by atoms with Crippen LogP contribution >= 0.6 is 0 Å². The molecule has 9 nitrogen and oxygen atoms in total. The second kappa shape index (κ2) is 7.73. The molecule has 0 radical (unpaired) electrons. The van der Waals surface area contributed by atoms with E-state index in [-0.39, 0.29) is 5.91 Å². The molecule has 0 fully saturated rings. The quantitative estimate of drug-likeness (QED) is 0.441. The van der Waals surface area contributed by atoms with E-state index >= 15 is 0 Å². The Bertz CT molecular complexity index is 1450. The van der Waals surface area contributed by atoms with Gasteiger partial charge in [0.2, 0.25) is 0 Å². The molecule has 1 aromatic carbocycles. The Balaban J connectivity index is 1.51. The first-order chi connectivity index (χ1) is 15.8. The van der Waals surface area contributed by atoms with Gasteiger partial charge in [0.15, 0.2) is 5.65 Å². The molecule has 33 heavy (non-hydrogen) atoms. The number of rotatable bonds is 5. The molecular formula is C21H17F3N8O. The van der Waals surface area contributed by atoms with Crippen molar-refractivity contribution in [2.45, 2.75) is 12.7 Å². The van der Waals surface area contributed by atoms with Crippen LogP contribution < -0.4 is 5.32 Å². The van der Waals surface area contributed by atoms with Crippen LogP contribution in [0.4, 0.5) is 13.2 Å². The standard InChI is InChI=1S/C21H17F3N8O/c1-30-20-18(28-29-30)15-10-13(19(33)26-7-9-31-8-6-25-12-31)2-4-16(15)32(20)14-3-5-17(27-11-14)21(22,23)24/h2-6,8,10-12H,7,9H2,1H3,(H,26,33). The minimum atomic E-state index is -4.53. The summed E-state index contributed by atoms with van der Waals surface area (Å²) in [6, 6.07) is 7.37. The van der Waals surface area contributed by atoms with E-state index in [4.69, 9.17) is 0 Å². The molecule has 1 N–H and O–H groups in total. The number of nitrogens with one attached hydrogen (secondary N) is 1. The zero-order chi connectivity index (χ0) is 23.2. The van der Waals surface area contributed by atoms with Crippen molar-refractivity contribution in [2.24, 2.45) is 7.05 Å². The summed E-state index contributed by atoms with van der Waals surface area (Å²) >= 11 is 0. The van der Waals surface area contributed by atoms with Gasteiger partial charge in [0.25, 0.3) is 5.91 Å². The number of aromatic nitrogens is 7. The van der Waals surface area contributed by atoms with Crippen molar-refractivity contribution in [1.29, 1.82) is 0 Å². The predicted molar refractivity (Wildman–Crippen MR) is 113 cm³/mol. The summed E-state index contributed by atoms with van der Waals surface area (Å²) in [4.78, 5) is 20.2. The van der Waals surface area contributed by atoms with Crippen LogP contribution in [0.3, 0.4) is 0 Å². The van der Waals surface area contributed by atoms with Gasteiger partial charge in [-0.15, -0.1) is 5.10 Å². The Morgan fingerprint density at radius 1 is 1.18 bits per heavy atom. The highest BCUT2D eigenvalue weighted by atomic mass is 19.4. The van der Waals surface area contributed by atoms with Gasteiger partial charge in [0.05, 0.1) is 23.7 Å². The van der Waals surface area contributed by atoms with Crippen molar-refractivity contribution in [2.75, 3.05) is 6.54 Å². The van der Waals surface area contributed by atoms with Gasteiger partial charge in [-0.25, -0.2) is 14.6 Å². The number of halogens is 3. The van der Waals surface area contributed by atoms with Crippen LogP contribution in [0.1, 0.15) is 16.1 Å². The van der Waals surface area contributed by atoms with Crippen LogP contribution in [-0.2, 0) is 19.8 Å². The van der Waals surface area contributed by atoms with Crippen molar-refractivity contribution >= 4 is 28.0 Å². The van der Waals surface area contributed by atoms with Gasteiger partial charge in [-0.1, -0.05) is 5.21 Å². The smallest absolute Gasteiger partial charge is 0.350 e. The van der Waals surface area contributed by atoms with E-state index < -0.39 is 11.9 Å². The molecule has 0 bridgehead atoms. The Labute approximate surface area is 184 Å². The lowest BCUT2D eigenvalue weighted by Crippen LogP contribution is -2.26. The molecule has 12 heteroatoms. The van der Waals surface area contributed by atoms with Crippen LogP contribution in [0.15, 0.2) is 55.2 Å². The minimum absolute atomic E-state index is 0.252. The van der Waals surface area contributed by atoms with E-state index in [0.717, 1.165) is 12.3 Å². The van der Waals surface area contributed by atoms with Crippen LogP contribution in [0.5, 0.6) is 0 Å². The highest BCUT2D eigenvalue weighted by Gasteiger charge is 2.32. The minimum Gasteiger partial charge on any atom is -0.350 e. The Kier molecular flexibility index (Phi) is 4.84. The van der Waals surface area contributed by atoms with E-state index in [1.807, 2.05) is 10.8 Å². The number of nitrogens with zero attached hydrogens (tertiary/aromatic N) is 7. The first-order valence-corrected chi connectivity index (χ1v) is 9.94. The normalized spacial score (nSPS) is 12.0. The summed E-state index contributed by atoms with van der Waals surface area (Å²) in [5, 5.41) is 11.7. The summed E-state index contributed by atoms with van der Waals surface area (Å²) in [5.41, 5.74) is 1.65. The number of alkyl halides is 3. The number of hydrogen-bond acceptors (Lipinski definition) is 5. The Morgan fingerprint density at radius 2 is 2.03 bits per heavy atom. The maximum atomic E-state index is 12.9. The van der Waals surface area contributed by atoms with Gasteiger partial charge in [-0.05, 0) is 30.3 Å². The summed E-state index contributed by atoms with van der Waals surface area (Å²) in [5.74, 6) is -0.252. The average molecular weight is 454 g/mol. The second-order valence-electron chi connectivity index (χ2n) is 7.41. The molecule has 0 aliphatic carbocycles. The van der Waals surface area contributed by atoms with E-state index in [0.29, 0.717) is 46.4 Å². The lowest BCUT2D eigenvalue weighted by molar-refractivity contribution is -0.141. The molecule has 0 aliphatic rings. The largest absolute Gasteiger partial charge is 0.433 e. The number of hydrogen-bond donors (Lipinski definition) is 1. The fourth-order valence-electron chi connectivity index (χ4n) is 3.72. The van der Waals surface area contributed by atoms with E-state index in [1.165, 1.54) is 10.7 Å². The number of benzene rings is 1. The maximum Gasteiger partial charge on any atom is 0.433 e. The molecule has 0 saturated carbocycles. The number of carbonyl (C=O) groups excluding carboxylic acids is 1. The molecule has 168 valence electrons. The number of aryl methyl sites for hydroxylation is 1. The highest BCUT2D eigenvalue weighted by Crippen LogP contribution is 2.32. The molecule has 4 heterocycles. The Hall–Kier alpha value is -4.22. The predicted octanol–water partition coefficient (Wildman–Crippen LogP) is 2.95. The molecule has 0 aliphatic heterocycles. The van der Waals surface area contributed by atoms with Crippen molar-refractivity contribution < 1.29 is 18.0 Å². The third-order valence-electron chi connectivity index (χ3n) is 5.28. The number of fused-ring (bicyclic) bond motifs is 3.